The first kappa shape index (κ1) is 55.6. The molecule has 5 heteroatoms. The molecule has 0 aromatic heterocycles. The topological polar surface area (TPSA) is 9.72 Å². The summed E-state index contributed by atoms with van der Waals surface area (Å²) in [4.78, 5) is 7.75. The van der Waals surface area contributed by atoms with Crippen molar-refractivity contribution in [1.29, 1.82) is 0 Å². The standard InChI is InChI=1S/C93H60N3PS/c98-97-88-82-46-25-48-84(88)95(68-52-55-73-70-40-19-22-43-76(70)92(80(73)59-68,63-32-11-3-12-33-63)64-34-13-4-14-35-64)86-50-27-51-87(90(86)97)96(69-53-56-74-71-41-20-23-44-77(71)93(81(74)60-69,65-36-15-5-16-37-65)66-38-17-6-18-39-66)85-49-26-47-83(89(85)97)94(82)67-54-57-79-75(58-67)72-42-21-24-45-78(72)91(79,61-28-7-1-8-29-61)62-30-9-2-10-31-62/h1-60H. The van der Waals surface area contributed by atoms with E-state index in [-0.39, 0.29) is 0 Å². The largest absolute Gasteiger partial charge is 0.309 e. The summed E-state index contributed by atoms with van der Waals surface area (Å²) in [5.41, 5.74) is 30.6. The van der Waals surface area contributed by atoms with Gasteiger partial charge in [0, 0.05) is 33.0 Å². The van der Waals surface area contributed by atoms with Crippen molar-refractivity contribution < 1.29 is 0 Å². The molecule has 0 radical (unpaired) electrons. The number of benzene rings is 15. The van der Waals surface area contributed by atoms with Gasteiger partial charge in [0.2, 0.25) is 0 Å². The Kier molecular flexibility index (Phi) is 11.7. The fourth-order valence-corrected chi connectivity index (χ4v) is 24.2. The first-order valence-electron chi connectivity index (χ1n) is 34.0. The van der Waals surface area contributed by atoms with E-state index >= 15 is 0 Å². The van der Waals surface area contributed by atoms with Crippen LogP contribution >= 0.6 is 6.04 Å². The van der Waals surface area contributed by atoms with E-state index in [4.69, 9.17) is 11.8 Å². The van der Waals surface area contributed by atoms with Crippen LogP contribution in [0.2, 0.25) is 0 Å². The van der Waals surface area contributed by atoms with Crippen LogP contribution in [-0.2, 0) is 28.1 Å². The molecule has 15 aromatic rings. The van der Waals surface area contributed by atoms with E-state index in [0.717, 1.165) is 51.2 Å². The zero-order valence-electron chi connectivity index (χ0n) is 53.3. The Balaban J connectivity index is 0.847. The molecule has 0 saturated heterocycles. The monoisotopic (exact) mass is 1280 g/mol. The minimum Gasteiger partial charge on any atom is -0.309 e. The molecule has 0 bridgehead atoms. The molecule has 3 aliphatic heterocycles. The van der Waals surface area contributed by atoms with E-state index in [0.29, 0.717) is 0 Å². The molecule has 0 atom stereocenters. The molecule has 0 saturated carbocycles. The van der Waals surface area contributed by atoms with E-state index < -0.39 is 22.3 Å². The number of hydrogen-bond donors (Lipinski definition) is 0. The van der Waals surface area contributed by atoms with Crippen molar-refractivity contribution >= 4 is 84.9 Å². The number of rotatable bonds is 9. The van der Waals surface area contributed by atoms with E-state index in [1.54, 1.807) is 0 Å². The lowest BCUT2D eigenvalue weighted by Crippen LogP contribution is -2.47. The summed E-state index contributed by atoms with van der Waals surface area (Å²) in [7, 11) is 0. The van der Waals surface area contributed by atoms with Crippen molar-refractivity contribution in [3.8, 4) is 33.4 Å². The minimum atomic E-state index is -2.99. The molecule has 0 fully saturated rings. The van der Waals surface area contributed by atoms with Crippen LogP contribution in [0.25, 0.3) is 33.4 Å². The first-order valence-corrected chi connectivity index (χ1v) is 36.8. The van der Waals surface area contributed by atoms with Crippen LogP contribution in [0.4, 0.5) is 51.2 Å². The number of fused-ring (bicyclic) bond motifs is 9. The van der Waals surface area contributed by atoms with Crippen molar-refractivity contribution in [2.75, 3.05) is 14.7 Å². The normalized spacial score (nSPS) is 15.4. The maximum Gasteiger partial charge on any atom is 0.0714 e. The highest BCUT2D eigenvalue weighted by Gasteiger charge is 2.54. The predicted octanol–water partition coefficient (Wildman–Crippen LogP) is 21.9. The second-order valence-electron chi connectivity index (χ2n) is 26.8. The highest BCUT2D eigenvalue weighted by atomic mass is 32.4. The van der Waals surface area contributed by atoms with E-state index in [2.05, 4.69) is 379 Å². The molecule has 6 aliphatic rings. The molecule has 98 heavy (non-hydrogen) atoms. The Morgan fingerprint density at radius 3 is 0.745 bits per heavy atom. The lowest BCUT2D eigenvalue weighted by Gasteiger charge is -2.51. The molecular formula is C93H60N3PS. The molecule has 3 heterocycles. The Bertz CT molecular complexity index is 5490. The second-order valence-corrected chi connectivity index (χ2v) is 31.0. The van der Waals surface area contributed by atoms with Crippen LogP contribution in [0, 0.1) is 0 Å². The van der Waals surface area contributed by atoms with Crippen molar-refractivity contribution in [3.05, 3.63) is 431 Å². The maximum atomic E-state index is 7.98. The second kappa shape index (κ2) is 20.7. The van der Waals surface area contributed by atoms with E-state index in [1.807, 2.05) is 0 Å². The zero-order valence-corrected chi connectivity index (χ0v) is 55.0. The summed E-state index contributed by atoms with van der Waals surface area (Å²) in [6.45, 7) is 0. The molecule has 0 N–H and O–H groups in total. The van der Waals surface area contributed by atoms with Gasteiger partial charge in [0.25, 0.3) is 0 Å². The summed E-state index contributed by atoms with van der Waals surface area (Å²) in [5, 5.41) is 3.61. The Labute approximate surface area is 576 Å². The molecule has 3 aliphatic carbocycles. The third kappa shape index (κ3) is 7.05. The molecule has 0 unspecified atom stereocenters. The van der Waals surface area contributed by atoms with Crippen molar-refractivity contribution in [1.82, 2.24) is 0 Å². The quantitative estimate of drug-likeness (QED) is 0.133. The summed E-state index contributed by atoms with van der Waals surface area (Å²) < 4.78 is 0. The van der Waals surface area contributed by atoms with Crippen LogP contribution < -0.4 is 30.6 Å². The molecule has 21 rings (SSSR count). The summed E-state index contributed by atoms with van der Waals surface area (Å²) in [5.74, 6) is 0. The summed E-state index contributed by atoms with van der Waals surface area (Å²) in [6, 6.07) is 134. The molecule has 0 spiro atoms. The molecule has 0 amide bonds. The van der Waals surface area contributed by atoms with Gasteiger partial charge in [0.1, 0.15) is 0 Å². The number of anilines is 9. The van der Waals surface area contributed by atoms with Gasteiger partial charge >= 0.3 is 0 Å². The van der Waals surface area contributed by atoms with Gasteiger partial charge in [-0.05, 0) is 173 Å². The van der Waals surface area contributed by atoms with Gasteiger partial charge in [-0.2, -0.15) is 0 Å². The number of nitrogens with zero attached hydrogens (tertiary/aromatic N) is 3. The maximum absolute atomic E-state index is 7.98. The van der Waals surface area contributed by atoms with Gasteiger partial charge in [0.15, 0.2) is 0 Å². The van der Waals surface area contributed by atoms with E-state index in [9.17, 15) is 0 Å². The van der Waals surface area contributed by atoms with Crippen molar-refractivity contribution in [2.45, 2.75) is 16.2 Å². The van der Waals surface area contributed by atoms with Gasteiger partial charge in [-0.25, -0.2) is 0 Å². The van der Waals surface area contributed by atoms with Gasteiger partial charge in [-0.1, -0.05) is 303 Å². The van der Waals surface area contributed by atoms with Gasteiger partial charge in [-0.3, -0.25) is 0 Å². The van der Waals surface area contributed by atoms with Crippen LogP contribution in [0.1, 0.15) is 66.8 Å². The van der Waals surface area contributed by atoms with Crippen LogP contribution in [0.15, 0.2) is 364 Å². The Morgan fingerprint density at radius 1 is 0.194 bits per heavy atom. The van der Waals surface area contributed by atoms with Crippen molar-refractivity contribution in [2.24, 2.45) is 0 Å². The Morgan fingerprint density at radius 2 is 0.429 bits per heavy atom. The van der Waals surface area contributed by atoms with Gasteiger partial charge in [0.05, 0.1) is 56.4 Å². The van der Waals surface area contributed by atoms with Crippen LogP contribution in [-0.4, -0.2) is 0 Å². The average Bonchev–Trinajstić information content (AvgIpc) is 0.946. The SMILES string of the molecule is S=P12c3c4cccc3N(c3ccc5c(c3)C(c3ccccc3)(c3ccccc3)c3ccccc3-5)c3cccc(c31)N(c1ccc3c(c1)C(c1ccccc1)(c1ccccc1)c1ccccc1-3)c1cccc(c12)N4c1ccc2c(c1)-c1ccccc1C2(c1ccccc1)c1ccccc1. The molecule has 3 nitrogen and oxygen atoms in total. The molecule has 458 valence electrons. The Hall–Kier alpha value is -11.7. The smallest absolute Gasteiger partial charge is 0.0714 e. The molecular weight excluding hydrogens is 1220 g/mol. The van der Waals surface area contributed by atoms with Gasteiger partial charge in [-0.15, -0.1) is 0 Å². The average molecular weight is 1280 g/mol. The summed E-state index contributed by atoms with van der Waals surface area (Å²) in [6.07, 6.45) is 0. The highest BCUT2D eigenvalue weighted by Crippen LogP contribution is 2.69. The first-order chi connectivity index (χ1) is 48.5. The van der Waals surface area contributed by atoms with Crippen molar-refractivity contribution in [3.63, 3.8) is 0 Å². The predicted molar refractivity (Wildman–Crippen MR) is 409 cm³/mol. The minimum absolute atomic E-state index is 0.555. The molecule has 15 aromatic carbocycles. The fourth-order valence-electron chi connectivity index (χ4n) is 18.9. The zero-order chi connectivity index (χ0) is 64.5. The fraction of sp³-hybridized carbons (Fsp3) is 0.0323. The van der Waals surface area contributed by atoms with E-state index in [1.165, 1.54) is 116 Å². The lowest BCUT2D eigenvalue weighted by atomic mass is 9.67. The third-order valence-corrected chi connectivity index (χ3v) is 27.4. The summed E-state index contributed by atoms with van der Waals surface area (Å²) >= 11 is 7.98. The van der Waals surface area contributed by atoms with Gasteiger partial charge < -0.3 is 14.7 Å². The lowest BCUT2D eigenvalue weighted by molar-refractivity contribution is 0.768. The number of hydrogen-bond acceptors (Lipinski definition) is 4. The van der Waals surface area contributed by atoms with Crippen LogP contribution in [0.3, 0.4) is 0 Å². The third-order valence-electron chi connectivity index (χ3n) is 22.5. The highest BCUT2D eigenvalue weighted by molar-refractivity contribution is 8.26. The van der Waals surface area contributed by atoms with Crippen LogP contribution in [0.5, 0.6) is 0 Å².